The number of pyridine rings is 1. The van der Waals surface area contributed by atoms with Crippen LogP contribution in [0.4, 0.5) is 4.79 Å². The van der Waals surface area contributed by atoms with E-state index in [0.29, 0.717) is 13.1 Å². The molecule has 0 radical (unpaired) electrons. The molecule has 0 fully saturated rings. The van der Waals surface area contributed by atoms with Crippen LogP contribution in [0.25, 0.3) is 0 Å². The number of benzene rings is 1. The van der Waals surface area contributed by atoms with Crippen molar-refractivity contribution in [1.29, 1.82) is 0 Å². The number of urea groups is 1. The number of hydrogen-bond donors (Lipinski definition) is 3. The number of amides is 3. The van der Waals surface area contributed by atoms with Crippen molar-refractivity contribution in [3.05, 3.63) is 59.9 Å². The van der Waals surface area contributed by atoms with E-state index in [-0.39, 0.29) is 12.5 Å². The maximum absolute atomic E-state index is 11.7. The zero-order valence-electron chi connectivity index (χ0n) is 13.4. The van der Waals surface area contributed by atoms with Gasteiger partial charge in [-0.15, -0.1) is 0 Å². The molecule has 24 heavy (non-hydrogen) atoms. The molecular formula is C17H20N4O3. The summed E-state index contributed by atoms with van der Waals surface area (Å²) in [6.07, 6.45) is 3.33. The number of nitrogens with zero attached hydrogens (tertiary/aromatic N) is 1. The smallest absolute Gasteiger partial charge is 0.315 e. The first-order valence-corrected chi connectivity index (χ1v) is 7.47. The van der Waals surface area contributed by atoms with Crippen LogP contribution < -0.4 is 20.7 Å². The topological polar surface area (TPSA) is 92.4 Å². The quantitative estimate of drug-likeness (QED) is 0.712. The average Bonchev–Trinajstić information content (AvgIpc) is 2.64. The number of aromatic nitrogens is 1. The fourth-order valence-corrected chi connectivity index (χ4v) is 1.91. The molecule has 2 aromatic rings. The van der Waals surface area contributed by atoms with Crippen LogP contribution in [0.2, 0.25) is 0 Å². The summed E-state index contributed by atoms with van der Waals surface area (Å²) in [6.45, 7) is 0.657. The molecule has 0 saturated carbocycles. The average molecular weight is 328 g/mol. The van der Waals surface area contributed by atoms with Gasteiger partial charge in [-0.2, -0.15) is 0 Å². The molecule has 126 valence electrons. The van der Waals surface area contributed by atoms with Crippen LogP contribution in [0.3, 0.4) is 0 Å². The molecule has 0 saturated heterocycles. The van der Waals surface area contributed by atoms with Crippen molar-refractivity contribution in [3.8, 4) is 5.75 Å². The highest BCUT2D eigenvalue weighted by Gasteiger charge is 2.05. The molecule has 0 spiro atoms. The van der Waals surface area contributed by atoms with Gasteiger partial charge in [0, 0.05) is 25.5 Å². The highest BCUT2D eigenvalue weighted by atomic mass is 16.5. The Bertz CT molecular complexity index is 659. The molecule has 0 aliphatic rings. The van der Waals surface area contributed by atoms with Crippen LogP contribution in [-0.2, 0) is 17.9 Å². The zero-order chi connectivity index (χ0) is 17.2. The van der Waals surface area contributed by atoms with Crippen LogP contribution in [0.15, 0.2) is 48.8 Å². The van der Waals surface area contributed by atoms with E-state index in [1.165, 1.54) is 0 Å². The summed E-state index contributed by atoms with van der Waals surface area (Å²) in [4.78, 5) is 27.3. The van der Waals surface area contributed by atoms with E-state index in [1.54, 1.807) is 25.6 Å². The van der Waals surface area contributed by atoms with Gasteiger partial charge in [-0.25, -0.2) is 4.79 Å². The van der Waals surface area contributed by atoms with Crippen LogP contribution in [0.5, 0.6) is 5.75 Å². The molecule has 7 heteroatoms. The van der Waals surface area contributed by atoms with Gasteiger partial charge in [0.15, 0.2) is 0 Å². The van der Waals surface area contributed by atoms with E-state index >= 15 is 0 Å². The van der Waals surface area contributed by atoms with Gasteiger partial charge in [-0.05, 0) is 29.3 Å². The van der Waals surface area contributed by atoms with Crippen molar-refractivity contribution < 1.29 is 14.3 Å². The molecule has 1 aromatic heterocycles. The van der Waals surface area contributed by atoms with Crippen molar-refractivity contribution in [1.82, 2.24) is 20.9 Å². The lowest BCUT2D eigenvalue weighted by atomic mass is 10.2. The highest BCUT2D eigenvalue weighted by molar-refractivity contribution is 5.83. The monoisotopic (exact) mass is 328 g/mol. The summed E-state index contributed by atoms with van der Waals surface area (Å²) >= 11 is 0. The predicted molar refractivity (Wildman–Crippen MR) is 89.3 cm³/mol. The molecule has 0 bridgehead atoms. The molecule has 2 rings (SSSR count). The molecular weight excluding hydrogens is 308 g/mol. The lowest BCUT2D eigenvalue weighted by molar-refractivity contribution is -0.120. The molecule has 1 aromatic carbocycles. The Balaban J connectivity index is 1.64. The third-order valence-electron chi connectivity index (χ3n) is 3.23. The summed E-state index contributed by atoms with van der Waals surface area (Å²) in [5, 5.41) is 7.89. The van der Waals surface area contributed by atoms with Crippen LogP contribution in [-0.4, -0.2) is 30.6 Å². The first-order valence-electron chi connectivity index (χ1n) is 7.47. The second kappa shape index (κ2) is 9.14. The number of rotatable bonds is 7. The Morgan fingerprint density at radius 3 is 2.42 bits per heavy atom. The van der Waals surface area contributed by atoms with E-state index in [9.17, 15) is 9.59 Å². The van der Waals surface area contributed by atoms with Gasteiger partial charge in [0.25, 0.3) is 0 Å². The molecule has 0 aliphatic heterocycles. The number of ether oxygens (including phenoxy) is 1. The fourth-order valence-electron chi connectivity index (χ4n) is 1.91. The van der Waals surface area contributed by atoms with E-state index in [4.69, 9.17) is 4.74 Å². The summed E-state index contributed by atoms with van der Waals surface area (Å²) in [5.74, 6) is 0.499. The van der Waals surface area contributed by atoms with Crippen molar-refractivity contribution >= 4 is 11.9 Å². The van der Waals surface area contributed by atoms with Crippen LogP contribution in [0, 0.1) is 0 Å². The molecule has 3 N–H and O–H groups in total. The minimum absolute atomic E-state index is 0.0883. The van der Waals surface area contributed by atoms with E-state index in [0.717, 1.165) is 16.9 Å². The second-order valence-corrected chi connectivity index (χ2v) is 5.02. The number of methoxy groups -OCH3 is 1. The Morgan fingerprint density at radius 2 is 1.75 bits per heavy atom. The Hall–Kier alpha value is -3.09. The highest BCUT2D eigenvalue weighted by Crippen LogP contribution is 2.10. The molecule has 3 amide bonds. The summed E-state index contributed by atoms with van der Waals surface area (Å²) < 4.78 is 5.07. The Labute approximate surface area is 140 Å². The van der Waals surface area contributed by atoms with Gasteiger partial charge in [0.1, 0.15) is 5.75 Å². The standard InChI is InChI=1S/C17H20N4O3/c1-24-15-6-4-13(5-7-15)10-19-16(22)12-21-17(23)20-11-14-3-2-8-18-9-14/h2-9H,10-12H2,1H3,(H,19,22)(H2,20,21,23). The normalized spacial score (nSPS) is 9.88. The van der Waals surface area contributed by atoms with E-state index in [2.05, 4.69) is 20.9 Å². The Kier molecular flexibility index (Phi) is 6.58. The zero-order valence-corrected chi connectivity index (χ0v) is 13.4. The van der Waals surface area contributed by atoms with Gasteiger partial charge in [-0.3, -0.25) is 9.78 Å². The summed E-state index contributed by atoms with van der Waals surface area (Å²) in [5.41, 5.74) is 1.83. The maximum atomic E-state index is 11.7. The second-order valence-electron chi connectivity index (χ2n) is 5.02. The van der Waals surface area contributed by atoms with Gasteiger partial charge < -0.3 is 20.7 Å². The first-order chi connectivity index (χ1) is 11.7. The van der Waals surface area contributed by atoms with E-state index in [1.807, 2.05) is 30.3 Å². The lowest BCUT2D eigenvalue weighted by Gasteiger charge is -2.09. The van der Waals surface area contributed by atoms with Crippen LogP contribution in [0.1, 0.15) is 11.1 Å². The third kappa shape index (κ3) is 5.96. The number of nitrogens with one attached hydrogen (secondary N) is 3. The molecule has 0 atom stereocenters. The minimum Gasteiger partial charge on any atom is -0.497 e. The predicted octanol–water partition coefficient (Wildman–Crippen LogP) is 1.21. The summed E-state index contributed by atoms with van der Waals surface area (Å²) in [6, 6.07) is 10.6. The first kappa shape index (κ1) is 17.3. The van der Waals surface area contributed by atoms with Gasteiger partial charge >= 0.3 is 6.03 Å². The molecule has 0 unspecified atom stereocenters. The van der Waals surface area contributed by atoms with Crippen molar-refractivity contribution in [3.63, 3.8) is 0 Å². The fraction of sp³-hybridized carbons (Fsp3) is 0.235. The molecule has 7 nitrogen and oxygen atoms in total. The van der Waals surface area contributed by atoms with Crippen molar-refractivity contribution in [2.75, 3.05) is 13.7 Å². The lowest BCUT2D eigenvalue weighted by Crippen LogP contribution is -2.41. The van der Waals surface area contributed by atoms with Crippen molar-refractivity contribution in [2.45, 2.75) is 13.1 Å². The SMILES string of the molecule is COc1ccc(CNC(=O)CNC(=O)NCc2cccnc2)cc1. The third-order valence-corrected chi connectivity index (χ3v) is 3.23. The Morgan fingerprint density at radius 1 is 1.00 bits per heavy atom. The summed E-state index contributed by atoms with van der Waals surface area (Å²) in [7, 11) is 1.60. The largest absolute Gasteiger partial charge is 0.497 e. The molecule has 1 heterocycles. The van der Waals surface area contributed by atoms with E-state index < -0.39 is 6.03 Å². The van der Waals surface area contributed by atoms with Crippen LogP contribution >= 0.6 is 0 Å². The van der Waals surface area contributed by atoms with Gasteiger partial charge in [0.2, 0.25) is 5.91 Å². The number of hydrogen-bond acceptors (Lipinski definition) is 4. The number of carbonyl (C=O) groups excluding carboxylic acids is 2. The number of carbonyl (C=O) groups is 2. The van der Waals surface area contributed by atoms with Crippen molar-refractivity contribution in [2.24, 2.45) is 0 Å². The van der Waals surface area contributed by atoms with Gasteiger partial charge in [0.05, 0.1) is 13.7 Å². The molecule has 0 aliphatic carbocycles. The van der Waals surface area contributed by atoms with Gasteiger partial charge in [-0.1, -0.05) is 18.2 Å². The minimum atomic E-state index is -0.404. The maximum Gasteiger partial charge on any atom is 0.315 e.